The lowest BCUT2D eigenvalue weighted by Crippen LogP contribution is -2.10. The van der Waals surface area contributed by atoms with E-state index in [1.54, 1.807) is 0 Å². The third-order valence-corrected chi connectivity index (χ3v) is 2.99. The van der Waals surface area contributed by atoms with Crippen molar-refractivity contribution in [2.75, 3.05) is 32.7 Å². The minimum absolute atomic E-state index is 0.00482. The summed E-state index contributed by atoms with van der Waals surface area (Å²) in [7, 11) is -3.38. The van der Waals surface area contributed by atoms with Gasteiger partial charge < -0.3 is 9.47 Å². The van der Waals surface area contributed by atoms with E-state index >= 15 is 0 Å². The van der Waals surface area contributed by atoms with E-state index in [1.165, 1.54) is 6.92 Å². The van der Waals surface area contributed by atoms with Crippen LogP contribution in [0, 0.1) is 0 Å². The molecule has 0 N–H and O–H groups in total. The highest BCUT2D eigenvalue weighted by atomic mass is 32.2. The van der Waals surface area contributed by atoms with Crippen molar-refractivity contribution in [3.8, 4) is 0 Å². The number of hydrogen-bond acceptors (Lipinski definition) is 7. The van der Waals surface area contributed by atoms with E-state index < -0.39 is 10.1 Å². The Hall–Kier alpha value is -0.990. The van der Waals surface area contributed by atoms with Gasteiger partial charge in [-0.25, -0.2) is 0 Å². The van der Waals surface area contributed by atoms with E-state index in [0.29, 0.717) is 45.3 Å². The molecule has 0 aliphatic heterocycles. The Labute approximate surface area is 126 Å². The highest BCUT2D eigenvalue weighted by Crippen LogP contribution is 1.99. The molecular weight excluding hydrogens is 300 g/mol. The normalized spacial score (nSPS) is 11.3. The number of esters is 1. The van der Waals surface area contributed by atoms with Crippen LogP contribution in [0.15, 0.2) is 0 Å². The molecule has 0 aromatic heterocycles. The van der Waals surface area contributed by atoms with Crippen molar-refractivity contribution in [3.05, 3.63) is 0 Å². The lowest BCUT2D eigenvalue weighted by molar-refractivity contribution is -0.141. The summed E-state index contributed by atoms with van der Waals surface area (Å²) in [5.74, 6) is -0.310. The van der Waals surface area contributed by atoms with Crippen LogP contribution >= 0.6 is 0 Å². The minimum Gasteiger partial charge on any atom is -0.466 e. The fourth-order valence-corrected chi connectivity index (χ4v) is 1.84. The molecule has 7 nitrogen and oxygen atoms in total. The van der Waals surface area contributed by atoms with Crippen molar-refractivity contribution >= 4 is 21.9 Å². The van der Waals surface area contributed by atoms with Crippen LogP contribution in [0.5, 0.6) is 0 Å². The number of carbonyl (C=O) groups excluding carboxylic acids is 2. The number of Topliss-reactive ketones (excluding diaryl/α,β-unsaturated/α-hetero) is 1. The maximum atomic E-state index is 11.4. The molecular formula is C13H24O7S. The second-order valence-electron chi connectivity index (χ2n) is 4.62. The highest BCUT2D eigenvalue weighted by molar-refractivity contribution is 7.85. The Morgan fingerprint density at radius 1 is 0.952 bits per heavy atom. The first-order valence-electron chi connectivity index (χ1n) is 6.88. The van der Waals surface area contributed by atoms with Gasteiger partial charge >= 0.3 is 5.97 Å². The maximum absolute atomic E-state index is 11.4. The van der Waals surface area contributed by atoms with Crippen LogP contribution in [0.1, 0.15) is 39.0 Å². The summed E-state index contributed by atoms with van der Waals surface area (Å²) in [5.41, 5.74) is 0. The van der Waals surface area contributed by atoms with Crippen LogP contribution in [0.3, 0.4) is 0 Å². The Balaban J connectivity index is 3.32. The number of carbonyl (C=O) groups is 2. The van der Waals surface area contributed by atoms with Gasteiger partial charge in [0.25, 0.3) is 10.1 Å². The van der Waals surface area contributed by atoms with Crippen molar-refractivity contribution in [1.29, 1.82) is 0 Å². The van der Waals surface area contributed by atoms with Gasteiger partial charge in [0.2, 0.25) is 0 Å². The molecule has 8 heteroatoms. The number of rotatable bonds is 13. The Morgan fingerprint density at radius 2 is 1.57 bits per heavy atom. The van der Waals surface area contributed by atoms with Crippen LogP contribution in [0.4, 0.5) is 0 Å². The molecule has 0 atom stereocenters. The third kappa shape index (κ3) is 17.0. The van der Waals surface area contributed by atoms with E-state index in [9.17, 15) is 18.0 Å². The van der Waals surface area contributed by atoms with Crippen molar-refractivity contribution in [1.82, 2.24) is 0 Å². The zero-order valence-corrected chi connectivity index (χ0v) is 13.4. The molecule has 124 valence electrons. The third-order valence-electron chi connectivity index (χ3n) is 2.40. The van der Waals surface area contributed by atoms with Gasteiger partial charge in [0.1, 0.15) is 6.61 Å². The molecule has 0 fully saturated rings. The second kappa shape index (κ2) is 11.6. The summed E-state index contributed by atoms with van der Waals surface area (Å²) in [4.78, 5) is 21.9. The monoisotopic (exact) mass is 324 g/mol. The second-order valence-corrected chi connectivity index (χ2v) is 6.27. The average molecular weight is 324 g/mol. The molecule has 0 unspecified atom stereocenters. The first-order valence-corrected chi connectivity index (χ1v) is 8.70. The minimum atomic E-state index is -3.38. The van der Waals surface area contributed by atoms with E-state index in [1.807, 2.05) is 0 Å². The number of ketones is 1. The molecule has 0 bridgehead atoms. The van der Waals surface area contributed by atoms with E-state index in [0.717, 1.165) is 6.26 Å². The maximum Gasteiger partial charge on any atom is 0.302 e. The predicted octanol–water partition coefficient (Wildman–Crippen LogP) is 1.06. The van der Waals surface area contributed by atoms with Crippen LogP contribution in [-0.4, -0.2) is 52.9 Å². The van der Waals surface area contributed by atoms with Crippen molar-refractivity contribution < 1.29 is 31.7 Å². The fourth-order valence-electron chi connectivity index (χ4n) is 1.41. The summed E-state index contributed by atoms with van der Waals surface area (Å²) in [6.07, 6.45) is 3.92. The molecule has 0 radical (unpaired) electrons. The standard InChI is InChI=1S/C13H24O7S/c1-12(14)19-9-4-3-7-13(15)11-18-8-5-6-10-20-21(2,16)17/h3-11H2,1-2H3. The summed E-state index contributed by atoms with van der Waals surface area (Å²) in [5, 5.41) is 0. The highest BCUT2D eigenvalue weighted by Gasteiger charge is 2.03. The first-order chi connectivity index (χ1) is 9.81. The molecule has 0 aromatic rings. The van der Waals surface area contributed by atoms with Gasteiger partial charge in [-0.1, -0.05) is 0 Å². The first kappa shape index (κ1) is 20.0. The van der Waals surface area contributed by atoms with Gasteiger partial charge in [-0.05, 0) is 25.7 Å². The molecule has 0 aliphatic rings. The summed E-state index contributed by atoms with van der Waals surface area (Å²) in [6.45, 7) is 2.27. The lowest BCUT2D eigenvalue weighted by Gasteiger charge is -2.04. The van der Waals surface area contributed by atoms with Gasteiger partial charge in [0, 0.05) is 20.0 Å². The summed E-state index contributed by atoms with van der Waals surface area (Å²) < 4.78 is 35.8. The zero-order chi connectivity index (χ0) is 16.1. The van der Waals surface area contributed by atoms with E-state index in [4.69, 9.17) is 9.47 Å². The van der Waals surface area contributed by atoms with E-state index in [2.05, 4.69) is 4.18 Å². The molecule has 0 spiro atoms. The Bertz CT molecular complexity index is 403. The van der Waals surface area contributed by atoms with Crippen LogP contribution in [0.2, 0.25) is 0 Å². The molecule has 0 saturated heterocycles. The Kier molecular flexibility index (Phi) is 11.1. The summed E-state index contributed by atoms with van der Waals surface area (Å²) in [6, 6.07) is 0. The van der Waals surface area contributed by atoms with Gasteiger partial charge in [0.15, 0.2) is 5.78 Å². The zero-order valence-electron chi connectivity index (χ0n) is 12.6. The molecule has 0 amide bonds. The number of ether oxygens (including phenoxy) is 2. The van der Waals surface area contributed by atoms with Gasteiger partial charge in [-0.15, -0.1) is 0 Å². The fraction of sp³-hybridized carbons (Fsp3) is 0.846. The topological polar surface area (TPSA) is 96.0 Å². The lowest BCUT2D eigenvalue weighted by atomic mass is 10.2. The summed E-state index contributed by atoms with van der Waals surface area (Å²) >= 11 is 0. The Morgan fingerprint density at radius 3 is 2.19 bits per heavy atom. The smallest absolute Gasteiger partial charge is 0.302 e. The number of unbranched alkanes of at least 4 members (excludes halogenated alkanes) is 2. The van der Waals surface area contributed by atoms with Crippen molar-refractivity contribution in [3.63, 3.8) is 0 Å². The average Bonchev–Trinajstić information content (AvgIpc) is 2.35. The van der Waals surface area contributed by atoms with Gasteiger partial charge in [0.05, 0.1) is 19.5 Å². The molecule has 0 aromatic carbocycles. The quantitative estimate of drug-likeness (QED) is 0.284. The van der Waals surface area contributed by atoms with Gasteiger partial charge in [-0.2, -0.15) is 8.42 Å². The van der Waals surface area contributed by atoms with Crippen molar-refractivity contribution in [2.24, 2.45) is 0 Å². The van der Waals surface area contributed by atoms with Gasteiger partial charge in [-0.3, -0.25) is 13.8 Å². The van der Waals surface area contributed by atoms with Crippen LogP contribution in [0.25, 0.3) is 0 Å². The molecule has 0 saturated carbocycles. The van der Waals surface area contributed by atoms with Crippen molar-refractivity contribution in [2.45, 2.75) is 39.0 Å². The van der Waals surface area contributed by atoms with Crippen LogP contribution < -0.4 is 0 Å². The predicted molar refractivity (Wildman–Crippen MR) is 76.3 cm³/mol. The van der Waals surface area contributed by atoms with Crippen LogP contribution in [-0.2, 0) is 33.4 Å². The largest absolute Gasteiger partial charge is 0.466 e. The molecule has 21 heavy (non-hydrogen) atoms. The molecule has 0 aliphatic carbocycles. The van der Waals surface area contributed by atoms with E-state index in [-0.39, 0.29) is 25.0 Å². The molecule has 0 heterocycles. The molecule has 0 rings (SSSR count). The number of hydrogen-bond donors (Lipinski definition) is 0. The SMILES string of the molecule is CC(=O)OCCCCC(=O)COCCCCOS(C)(=O)=O.